The topological polar surface area (TPSA) is 114 Å². The van der Waals surface area contributed by atoms with Crippen molar-refractivity contribution in [2.45, 2.75) is 18.8 Å². The second-order valence-electron chi connectivity index (χ2n) is 6.71. The molecule has 1 fully saturated rings. The summed E-state index contributed by atoms with van der Waals surface area (Å²) in [6.45, 7) is 0.673. The number of hydrazine groups is 1. The Hall–Kier alpha value is -3.33. The molecule has 7 nitrogen and oxygen atoms in total. The number of piperidine rings is 1. The van der Waals surface area contributed by atoms with E-state index in [1.54, 1.807) is 24.3 Å². The monoisotopic (exact) mass is 404 g/mol. The van der Waals surface area contributed by atoms with Crippen LogP contribution in [0.1, 0.15) is 12.8 Å². The van der Waals surface area contributed by atoms with Crippen molar-refractivity contribution in [1.82, 2.24) is 5.43 Å². The molecule has 0 aromatic heterocycles. The van der Waals surface area contributed by atoms with Gasteiger partial charge in [0.1, 0.15) is 5.75 Å². The predicted molar refractivity (Wildman–Crippen MR) is 105 cm³/mol. The number of nitrogens with zero attached hydrogens (tertiary/aromatic N) is 1. The highest BCUT2D eigenvalue weighted by atomic mass is 19.3. The summed E-state index contributed by atoms with van der Waals surface area (Å²) in [5.41, 5.74) is 9.90. The van der Waals surface area contributed by atoms with E-state index < -0.39 is 17.6 Å². The van der Waals surface area contributed by atoms with Crippen LogP contribution < -0.4 is 26.6 Å². The lowest BCUT2D eigenvalue weighted by molar-refractivity contribution is -0.133. The minimum Gasteiger partial charge on any atom is -0.476 e. The summed E-state index contributed by atoms with van der Waals surface area (Å²) in [4.78, 5) is 12.9. The van der Waals surface area contributed by atoms with E-state index in [1.165, 1.54) is 0 Å². The Morgan fingerprint density at radius 1 is 1.03 bits per heavy atom. The quantitative estimate of drug-likeness (QED) is 0.253. The van der Waals surface area contributed by atoms with Gasteiger partial charge in [0.25, 0.3) is 5.92 Å². The molecule has 3 rings (SSSR count). The van der Waals surface area contributed by atoms with Gasteiger partial charge in [-0.1, -0.05) is 24.3 Å². The summed E-state index contributed by atoms with van der Waals surface area (Å²) in [5.74, 6) is 1.21. The molecule has 1 heterocycles. The van der Waals surface area contributed by atoms with Crippen LogP contribution in [-0.4, -0.2) is 30.1 Å². The maximum Gasteiger partial charge on any atom is 0.358 e. The maximum atomic E-state index is 13.3. The van der Waals surface area contributed by atoms with Crippen LogP contribution in [0, 0.1) is 0 Å². The molecule has 0 saturated carbocycles. The van der Waals surface area contributed by atoms with E-state index in [9.17, 15) is 13.6 Å². The molecule has 0 atom stereocenters. The van der Waals surface area contributed by atoms with Crippen LogP contribution in [0.5, 0.6) is 5.75 Å². The van der Waals surface area contributed by atoms with Gasteiger partial charge in [-0.3, -0.25) is 5.84 Å². The van der Waals surface area contributed by atoms with Crippen molar-refractivity contribution >= 4 is 11.7 Å². The van der Waals surface area contributed by atoms with E-state index in [0.29, 0.717) is 18.8 Å². The van der Waals surface area contributed by atoms with Crippen LogP contribution in [0.25, 0.3) is 11.1 Å². The second kappa shape index (κ2) is 8.36. The van der Waals surface area contributed by atoms with Crippen LogP contribution in [-0.2, 0) is 4.79 Å². The number of ether oxygens (including phenoxy) is 1. The lowest BCUT2D eigenvalue weighted by atomic mass is 10.0. The normalized spacial score (nSPS) is 16.7. The average Bonchev–Trinajstić information content (AvgIpc) is 2.69. The minimum absolute atomic E-state index is 0.128. The predicted octanol–water partition coefficient (Wildman–Crippen LogP) is 2.64. The summed E-state index contributed by atoms with van der Waals surface area (Å²) in [5, 5.41) is 8.96. The van der Waals surface area contributed by atoms with Gasteiger partial charge in [-0.2, -0.15) is 0 Å². The van der Waals surface area contributed by atoms with Gasteiger partial charge in [0.15, 0.2) is 5.70 Å². The van der Waals surface area contributed by atoms with Crippen molar-refractivity contribution in [3.8, 4) is 16.9 Å². The molecular weight excluding hydrogens is 382 g/mol. The van der Waals surface area contributed by atoms with Gasteiger partial charge < -0.3 is 25.9 Å². The number of anilines is 1. The third kappa shape index (κ3) is 4.94. The Kier molecular flexibility index (Phi) is 5.88. The summed E-state index contributed by atoms with van der Waals surface area (Å²) >= 11 is 0. The number of alkyl halides is 2. The number of carbonyl (C=O) groups is 1. The maximum absolute atomic E-state index is 13.3. The number of benzene rings is 2. The third-order valence-corrected chi connectivity index (χ3v) is 4.75. The fraction of sp³-hybridized carbons (Fsp3) is 0.250. The molecule has 1 aliphatic rings. The Morgan fingerprint density at radius 2 is 1.55 bits per heavy atom. The molecule has 0 spiro atoms. The molecule has 1 aliphatic heterocycles. The van der Waals surface area contributed by atoms with Crippen molar-refractivity contribution < 1.29 is 23.4 Å². The number of rotatable bonds is 6. The van der Waals surface area contributed by atoms with Crippen molar-refractivity contribution in [1.29, 1.82) is 0 Å². The van der Waals surface area contributed by atoms with Gasteiger partial charge in [0.2, 0.25) is 5.88 Å². The van der Waals surface area contributed by atoms with Crippen molar-refractivity contribution in [3.63, 3.8) is 0 Å². The highest BCUT2D eigenvalue weighted by Crippen LogP contribution is 2.31. The lowest BCUT2D eigenvalue weighted by Gasteiger charge is -2.33. The molecule has 0 aliphatic carbocycles. The summed E-state index contributed by atoms with van der Waals surface area (Å²) in [6.07, 6.45) is -0.256. The fourth-order valence-corrected chi connectivity index (χ4v) is 3.09. The van der Waals surface area contributed by atoms with Crippen LogP contribution in [0.3, 0.4) is 0 Å². The SMILES string of the molecule is NN/C(C(=O)O)=C(\N)Oc1ccc(-c2ccc(N3CCC(F)(F)CC3)cc2)cc1. The van der Waals surface area contributed by atoms with E-state index in [2.05, 4.69) is 0 Å². The zero-order chi connectivity index (χ0) is 21.0. The number of halogens is 2. The third-order valence-electron chi connectivity index (χ3n) is 4.75. The summed E-state index contributed by atoms with van der Waals surface area (Å²) in [7, 11) is 0. The van der Waals surface area contributed by atoms with E-state index >= 15 is 0 Å². The first-order valence-electron chi connectivity index (χ1n) is 9.00. The van der Waals surface area contributed by atoms with Gasteiger partial charge in [0, 0.05) is 31.6 Å². The number of nitrogens with one attached hydrogen (secondary N) is 1. The molecule has 0 radical (unpaired) electrons. The zero-order valence-corrected chi connectivity index (χ0v) is 15.6. The van der Waals surface area contributed by atoms with E-state index in [-0.39, 0.29) is 18.7 Å². The zero-order valence-electron chi connectivity index (χ0n) is 15.6. The van der Waals surface area contributed by atoms with E-state index in [4.69, 9.17) is 21.4 Å². The largest absolute Gasteiger partial charge is 0.476 e. The number of hydrogen-bond acceptors (Lipinski definition) is 6. The molecule has 0 bridgehead atoms. The number of nitrogens with two attached hydrogens (primary N) is 2. The minimum atomic E-state index is -2.57. The molecule has 9 heteroatoms. The van der Waals surface area contributed by atoms with Crippen LogP contribution >= 0.6 is 0 Å². The molecule has 1 saturated heterocycles. The average molecular weight is 404 g/mol. The van der Waals surface area contributed by atoms with Gasteiger partial charge >= 0.3 is 5.97 Å². The van der Waals surface area contributed by atoms with Crippen LogP contribution in [0.4, 0.5) is 14.5 Å². The second-order valence-corrected chi connectivity index (χ2v) is 6.71. The van der Waals surface area contributed by atoms with E-state index in [0.717, 1.165) is 16.8 Å². The summed E-state index contributed by atoms with van der Waals surface area (Å²) in [6, 6.07) is 14.6. The first-order chi connectivity index (χ1) is 13.8. The van der Waals surface area contributed by atoms with Gasteiger partial charge in [0.05, 0.1) is 0 Å². The van der Waals surface area contributed by atoms with Crippen molar-refractivity contribution in [2.75, 3.05) is 18.0 Å². The number of hydrogen-bond donors (Lipinski definition) is 4. The Labute approximate surface area is 166 Å². The van der Waals surface area contributed by atoms with Crippen LogP contribution in [0.2, 0.25) is 0 Å². The molecule has 2 aromatic carbocycles. The standard InChI is InChI=1S/C20H22F2N4O3/c21-20(22)9-11-26(12-10-20)15-5-1-13(2-6-15)14-3-7-16(8-4-14)29-18(23)17(25-24)19(27)28/h1-8,25H,9-12,23-24H2,(H,27,28)/b18-17+. The smallest absolute Gasteiger partial charge is 0.358 e. The molecular formula is C20H22F2N4O3. The van der Waals surface area contributed by atoms with Gasteiger partial charge in [-0.05, 0) is 35.4 Å². The highest BCUT2D eigenvalue weighted by molar-refractivity contribution is 5.86. The fourth-order valence-electron chi connectivity index (χ4n) is 3.09. The first kappa shape index (κ1) is 20.4. The highest BCUT2D eigenvalue weighted by Gasteiger charge is 2.33. The number of aliphatic carboxylic acids is 1. The Morgan fingerprint density at radius 3 is 2.03 bits per heavy atom. The van der Waals surface area contributed by atoms with E-state index in [1.807, 2.05) is 34.6 Å². The number of carboxylic acids is 1. The molecule has 6 N–H and O–H groups in total. The first-order valence-corrected chi connectivity index (χ1v) is 9.00. The van der Waals surface area contributed by atoms with Gasteiger partial charge in [-0.25, -0.2) is 13.6 Å². The Bertz CT molecular complexity index is 889. The number of carboxylic acid groups (broad SMARTS) is 1. The molecule has 2 aromatic rings. The van der Waals surface area contributed by atoms with Crippen LogP contribution in [0.15, 0.2) is 60.1 Å². The van der Waals surface area contributed by atoms with Crippen molar-refractivity contribution in [3.05, 3.63) is 60.1 Å². The molecule has 0 unspecified atom stereocenters. The molecule has 154 valence electrons. The molecule has 29 heavy (non-hydrogen) atoms. The Balaban J connectivity index is 1.68. The lowest BCUT2D eigenvalue weighted by Crippen LogP contribution is -2.39. The van der Waals surface area contributed by atoms with Crippen molar-refractivity contribution in [2.24, 2.45) is 11.6 Å². The van der Waals surface area contributed by atoms with Gasteiger partial charge in [-0.15, -0.1) is 0 Å². The molecule has 0 amide bonds. The summed E-state index contributed by atoms with van der Waals surface area (Å²) < 4.78 is 31.9.